The van der Waals surface area contributed by atoms with Gasteiger partial charge in [-0.05, 0) is 92.6 Å². The summed E-state index contributed by atoms with van der Waals surface area (Å²) in [4.78, 5) is 2.59. The van der Waals surface area contributed by atoms with Crippen LogP contribution in [0.15, 0.2) is 71.6 Å². The highest BCUT2D eigenvalue weighted by atomic mass is 32.2. The van der Waals surface area contributed by atoms with Gasteiger partial charge in [0.05, 0.1) is 11.4 Å². The van der Waals surface area contributed by atoms with Gasteiger partial charge in [-0.3, -0.25) is 0 Å². The van der Waals surface area contributed by atoms with Gasteiger partial charge in [-0.25, -0.2) is 8.42 Å². The second-order valence-electron chi connectivity index (χ2n) is 11.2. The molecule has 2 aliphatic rings. The van der Waals surface area contributed by atoms with Crippen molar-refractivity contribution >= 4 is 26.4 Å². The minimum atomic E-state index is -3.27. The third-order valence-corrected chi connectivity index (χ3v) is 9.30. The van der Waals surface area contributed by atoms with E-state index in [0.29, 0.717) is 18.2 Å². The fraction of sp³-hybridized carbons (Fsp3) is 0.355. The first-order valence-electron chi connectivity index (χ1n) is 13.7. The molecule has 0 spiro atoms. The number of hydrogen-bond acceptors (Lipinski definition) is 5. The van der Waals surface area contributed by atoms with Crippen molar-refractivity contribution in [3.05, 3.63) is 83.4 Å². The van der Waals surface area contributed by atoms with E-state index in [-0.39, 0.29) is 10.5 Å². The number of piperidine rings is 1. The molecule has 6 nitrogen and oxygen atoms in total. The first kappa shape index (κ1) is 26.9. The summed E-state index contributed by atoms with van der Waals surface area (Å²) in [6.07, 6.45) is 3.44. The molecule has 0 atom stereocenters. The van der Waals surface area contributed by atoms with Gasteiger partial charge >= 0.3 is 0 Å². The fourth-order valence-corrected chi connectivity index (χ4v) is 6.46. The molecule has 0 aliphatic carbocycles. The van der Waals surface area contributed by atoms with Crippen molar-refractivity contribution in [2.45, 2.75) is 49.3 Å². The van der Waals surface area contributed by atoms with Crippen LogP contribution in [0.5, 0.6) is 0 Å². The lowest BCUT2D eigenvalue weighted by Crippen LogP contribution is -2.40. The maximum atomic E-state index is 15.5. The molecule has 40 heavy (non-hydrogen) atoms. The third kappa shape index (κ3) is 5.38. The molecule has 0 bridgehead atoms. The van der Waals surface area contributed by atoms with Crippen molar-refractivity contribution in [3.63, 3.8) is 0 Å². The number of alkyl halides is 2. The van der Waals surface area contributed by atoms with Crippen molar-refractivity contribution < 1.29 is 17.2 Å². The van der Waals surface area contributed by atoms with Crippen LogP contribution in [0.4, 0.5) is 14.5 Å². The number of nitrogens with one attached hydrogen (secondary N) is 2. The zero-order valence-electron chi connectivity index (χ0n) is 22.8. The van der Waals surface area contributed by atoms with Crippen molar-refractivity contribution in [2.24, 2.45) is 0 Å². The number of rotatable bonds is 7. The van der Waals surface area contributed by atoms with E-state index in [1.165, 1.54) is 12.1 Å². The van der Waals surface area contributed by atoms with Crippen molar-refractivity contribution in [1.82, 2.24) is 14.8 Å². The third-order valence-electron chi connectivity index (χ3n) is 8.17. The molecule has 210 valence electrons. The molecule has 4 aromatic rings. The molecule has 0 saturated carbocycles. The second-order valence-corrected chi connectivity index (χ2v) is 13.2. The maximum Gasteiger partial charge on any atom is 0.291 e. The molecule has 0 amide bonds. The normalized spacial score (nSPS) is 17.5. The molecule has 3 aromatic carbocycles. The van der Waals surface area contributed by atoms with Gasteiger partial charge in [0.1, 0.15) is 0 Å². The highest BCUT2D eigenvalue weighted by molar-refractivity contribution is 7.90. The van der Waals surface area contributed by atoms with Gasteiger partial charge in [0.25, 0.3) is 5.92 Å². The number of aromatic nitrogens is 1. The zero-order chi connectivity index (χ0) is 28.1. The summed E-state index contributed by atoms with van der Waals surface area (Å²) < 4.78 is 56.1. The van der Waals surface area contributed by atoms with Gasteiger partial charge in [-0.2, -0.15) is 8.78 Å². The first-order chi connectivity index (χ1) is 19.1. The Balaban J connectivity index is 1.21. The summed E-state index contributed by atoms with van der Waals surface area (Å²) in [5, 5.41) is 7.85. The Morgan fingerprint density at radius 1 is 0.925 bits per heavy atom. The van der Waals surface area contributed by atoms with E-state index in [0.717, 1.165) is 72.1 Å². The topological polar surface area (TPSA) is 66.4 Å². The van der Waals surface area contributed by atoms with E-state index < -0.39 is 22.3 Å². The molecule has 9 heteroatoms. The molecule has 0 unspecified atom stereocenters. The van der Waals surface area contributed by atoms with Crippen LogP contribution < -0.4 is 10.6 Å². The first-order valence-corrected chi connectivity index (χ1v) is 15.6. The van der Waals surface area contributed by atoms with E-state index in [1.807, 2.05) is 24.3 Å². The van der Waals surface area contributed by atoms with Gasteiger partial charge in [0.15, 0.2) is 9.84 Å². The van der Waals surface area contributed by atoms with Crippen molar-refractivity contribution in [3.8, 4) is 11.3 Å². The van der Waals surface area contributed by atoms with E-state index in [4.69, 9.17) is 0 Å². The molecule has 1 aromatic heterocycles. The fourth-order valence-electron chi connectivity index (χ4n) is 5.83. The van der Waals surface area contributed by atoms with Crippen molar-refractivity contribution in [1.29, 1.82) is 0 Å². The lowest BCUT2D eigenvalue weighted by atomic mass is 9.93. The Morgan fingerprint density at radius 2 is 1.62 bits per heavy atom. The summed E-state index contributed by atoms with van der Waals surface area (Å²) in [5.74, 6) is -3.00. The van der Waals surface area contributed by atoms with E-state index >= 15 is 8.78 Å². The second kappa shape index (κ2) is 10.3. The van der Waals surface area contributed by atoms with Crippen LogP contribution in [-0.2, 0) is 35.4 Å². The van der Waals surface area contributed by atoms with Crippen LogP contribution in [0.25, 0.3) is 22.2 Å². The molecular formula is C31H34F2N4O2S. The van der Waals surface area contributed by atoms with Crippen LogP contribution in [0.1, 0.15) is 29.5 Å². The van der Waals surface area contributed by atoms with Crippen LogP contribution in [-0.4, -0.2) is 50.3 Å². The van der Waals surface area contributed by atoms with E-state index in [9.17, 15) is 8.42 Å². The average molecular weight is 565 g/mol. The van der Waals surface area contributed by atoms with Gasteiger partial charge in [0.2, 0.25) is 0 Å². The van der Waals surface area contributed by atoms with Gasteiger partial charge in [0, 0.05) is 58.8 Å². The molecule has 3 heterocycles. The van der Waals surface area contributed by atoms with Crippen LogP contribution in [0, 0.1) is 0 Å². The molecule has 6 rings (SSSR count). The number of fused-ring (bicyclic) bond motifs is 5. The van der Waals surface area contributed by atoms with Gasteiger partial charge in [-0.15, -0.1) is 0 Å². The number of nitrogens with zero attached hydrogens (tertiary/aromatic N) is 2. The largest absolute Gasteiger partial charge is 0.381 e. The Morgan fingerprint density at radius 3 is 2.35 bits per heavy atom. The van der Waals surface area contributed by atoms with Crippen LogP contribution in [0.2, 0.25) is 0 Å². The summed E-state index contributed by atoms with van der Waals surface area (Å²) in [5.41, 5.74) is 4.85. The summed E-state index contributed by atoms with van der Waals surface area (Å²) in [7, 11) is -1.12. The van der Waals surface area contributed by atoms with E-state index in [2.05, 4.69) is 28.6 Å². The summed E-state index contributed by atoms with van der Waals surface area (Å²) >= 11 is 0. The zero-order valence-corrected chi connectivity index (χ0v) is 23.6. The Bertz CT molecular complexity index is 1660. The average Bonchev–Trinajstić information content (AvgIpc) is 3.28. The number of halogens is 2. The van der Waals surface area contributed by atoms with Gasteiger partial charge < -0.3 is 20.1 Å². The minimum Gasteiger partial charge on any atom is -0.381 e. The molecular weight excluding hydrogens is 530 g/mol. The SMILES string of the molecule is CN1CCC(NCc2ccc3c(c2)cc2n3CC(F)(F)c3cc(CNc4ccc(S(C)(=O)=O)cc4)ccc3-2)CC1. The number of sulfone groups is 1. The lowest BCUT2D eigenvalue weighted by Gasteiger charge is -2.29. The molecule has 2 aliphatic heterocycles. The highest BCUT2D eigenvalue weighted by Crippen LogP contribution is 2.45. The summed E-state index contributed by atoms with van der Waals surface area (Å²) in [6, 6.07) is 20.4. The number of likely N-dealkylation sites (tertiary alicyclic amines) is 1. The Kier molecular flexibility index (Phi) is 6.92. The van der Waals surface area contributed by atoms with Crippen molar-refractivity contribution in [2.75, 3.05) is 31.7 Å². The predicted molar refractivity (Wildman–Crippen MR) is 156 cm³/mol. The molecule has 0 radical (unpaired) electrons. The molecule has 1 fully saturated rings. The van der Waals surface area contributed by atoms with Crippen LogP contribution in [0.3, 0.4) is 0 Å². The van der Waals surface area contributed by atoms with Crippen LogP contribution >= 0.6 is 0 Å². The Hall–Kier alpha value is -3.27. The highest BCUT2D eigenvalue weighted by Gasteiger charge is 2.40. The minimum absolute atomic E-state index is 0.0405. The lowest BCUT2D eigenvalue weighted by molar-refractivity contribution is -0.0231. The summed E-state index contributed by atoms with van der Waals surface area (Å²) in [6.45, 7) is 2.93. The standard InChI is InChI=1S/C31H34F2N4O2S/c1-36-13-11-25(12-14-36)35-18-21-4-10-29-23(15-21)17-30-27-9-3-22(16-28(27)31(32,33)20-37(29)30)19-34-24-5-7-26(8-6-24)40(2,38)39/h3-10,15-17,25,34-35H,11-14,18-20H2,1-2H3. The predicted octanol–water partition coefficient (Wildman–Crippen LogP) is 5.61. The quantitative estimate of drug-likeness (QED) is 0.305. The maximum absolute atomic E-state index is 15.5. The monoisotopic (exact) mass is 564 g/mol. The number of hydrogen-bond donors (Lipinski definition) is 2. The van der Waals surface area contributed by atoms with Gasteiger partial charge in [-0.1, -0.05) is 18.2 Å². The Labute approximate surface area is 233 Å². The number of anilines is 1. The smallest absolute Gasteiger partial charge is 0.291 e. The number of benzene rings is 3. The molecule has 1 saturated heterocycles. The van der Waals surface area contributed by atoms with E-state index in [1.54, 1.807) is 28.8 Å². The molecule has 2 N–H and O–H groups in total.